The summed E-state index contributed by atoms with van der Waals surface area (Å²) in [4.78, 5) is 26.2. The number of carbonyl (C=O) groups excluding carboxylic acids is 1. The van der Waals surface area contributed by atoms with Gasteiger partial charge in [-0.3, -0.25) is 4.79 Å². The van der Waals surface area contributed by atoms with Crippen LogP contribution in [0.15, 0.2) is 30.3 Å². The summed E-state index contributed by atoms with van der Waals surface area (Å²) in [5.41, 5.74) is -4.27. The quantitative estimate of drug-likeness (QED) is 0.726. The summed E-state index contributed by atoms with van der Waals surface area (Å²) >= 11 is 0. The molecule has 1 aliphatic rings. The summed E-state index contributed by atoms with van der Waals surface area (Å²) < 4.78 is 78.4. The van der Waals surface area contributed by atoms with E-state index in [1.807, 2.05) is 0 Å². The minimum atomic E-state index is -5.14. The van der Waals surface area contributed by atoms with E-state index in [4.69, 9.17) is 5.11 Å². The average molecular weight is 448 g/mol. The van der Waals surface area contributed by atoms with E-state index in [9.17, 15) is 35.9 Å². The highest BCUT2D eigenvalue weighted by Gasteiger charge is 2.40. The van der Waals surface area contributed by atoms with Gasteiger partial charge in [-0.1, -0.05) is 0 Å². The van der Waals surface area contributed by atoms with E-state index in [0.29, 0.717) is 18.0 Å². The van der Waals surface area contributed by atoms with Crippen molar-refractivity contribution in [2.75, 3.05) is 31.1 Å². The number of nitrogens with zero attached hydrogens (tertiary/aromatic N) is 4. The highest BCUT2D eigenvalue weighted by molar-refractivity contribution is 5.96. The molecule has 0 spiro atoms. The van der Waals surface area contributed by atoms with Crippen molar-refractivity contribution in [3.05, 3.63) is 52.7 Å². The number of halogens is 6. The molecule has 1 aliphatic heterocycles. The lowest BCUT2D eigenvalue weighted by molar-refractivity contribution is -0.143. The van der Waals surface area contributed by atoms with Gasteiger partial charge in [0, 0.05) is 26.2 Å². The molecule has 2 heterocycles. The van der Waals surface area contributed by atoms with E-state index < -0.39 is 40.9 Å². The maximum absolute atomic E-state index is 13.3. The first-order valence-corrected chi connectivity index (χ1v) is 8.77. The Bertz CT molecular complexity index is 983. The van der Waals surface area contributed by atoms with Crippen LogP contribution in [0.1, 0.15) is 32.0 Å². The highest BCUT2D eigenvalue weighted by Crippen LogP contribution is 2.37. The highest BCUT2D eigenvalue weighted by atomic mass is 19.4. The Kier molecular flexibility index (Phi) is 5.79. The normalized spacial score (nSPS) is 15.2. The fourth-order valence-electron chi connectivity index (χ4n) is 3.06. The van der Waals surface area contributed by atoms with Gasteiger partial charge in [-0.05, 0) is 30.3 Å². The van der Waals surface area contributed by atoms with Crippen molar-refractivity contribution in [1.82, 2.24) is 15.1 Å². The van der Waals surface area contributed by atoms with E-state index in [1.165, 1.54) is 12.1 Å². The van der Waals surface area contributed by atoms with Crippen LogP contribution in [0.25, 0.3) is 0 Å². The number of anilines is 1. The fourth-order valence-corrected chi connectivity index (χ4v) is 3.06. The van der Waals surface area contributed by atoms with Crippen molar-refractivity contribution in [3.63, 3.8) is 0 Å². The zero-order valence-electron chi connectivity index (χ0n) is 15.5. The number of aromatic carboxylic acids is 1. The number of hydrogen-bond donors (Lipinski definition) is 1. The van der Waals surface area contributed by atoms with Crippen LogP contribution in [0.3, 0.4) is 0 Å². The molecule has 2 aromatic rings. The van der Waals surface area contributed by atoms with Gasteiger partial charge in [-0.15, -0.1) is 10.2 Å². The first-order chi connectivity index (χ1) is 14.4. The Labute approximate surface area is 170 Å². The number of alkyl halides is 6. The van der Waals surface area contributed by atoms with Gasteiger partial charge in [0.2, 0.25) is 0 Å². The summed E-state index contributed by atoms with van der Waals surface area (Å²) in [7, 11) is 0. The Morgan fingerprint density at radius 1 is 0.871 bits per heavy atom. The maximum atomic E-state index is 13.3. The molecule has 1 saturated heterocycles. The zero-order chi connectivity index (χ0) is 23.0. The molecule has 1 amide bonds. The van der Waals surface area contributed by atoms with E-state index in [-0.39, 0.29) is 37.9 Å². The molecule has 1 N–H and O–H groups in total. The van der Waals surface area contributed by atoms with Crippen LogP contribution in [0.4, 0.5) is 32.2 Å². The maximum Gasteiger partial charge on any atom is 0.417 e. The minimum Gasteiger partial charge on any atom is -0.476 e. The average Bonchev–Trinajstić information content (AvgIpc) is 2.71. The van der Waals surface area contributed by atoms with E-state index in [0.717, 1.165) is 4.90 Å². The fraction of sp³-hybridized carbons (Fsp3) is 0.333. The monoisotopic (exact) mass is 448 g/mol. The standard InChI is InChI=1S/C18H14F6N4O3/c19-17(20,21)10-1-2-11(12(9-10)18(22,23)24)15(29)28-7-5-27(6-8-28)14-4-3-13(16(30)31)25-26-14/h1-4,9H,5-8H2,(H,30,31). The smallest absolute Gasteiger partial charge is 0.417 e. The molecule has 0 saturated carbocycles. The molecule has 0 aliphatic carbocycles. The molecule has 31 heavy (non-hydrogen) atoms. The summed E-state index contributed by atoms with van der Waals surface area (Å²) in [6, 6.07) is 3.56. The molecule has 0 unspecified atom stereocenters. The molecule has 0 atom stereocenters. The summed E-state index contributed by atoms with van der Waals surface area (Å²) in [6.07, 6.45) is -10.1. The van der Waals surface area contributed by atoms with Gasteiger partial charge in [-0.2, -0.15) is 26.3 Å². The topological polar surface area (TPSA) is 86.6 Å². The largest absolute Gasteiger partial charge is 0.476 e. The van der Waals surface area contributed by atoms with Gasteiger partial charge in [-0.25, -0.2) is 4.79 Å². The number of aromatic nitrogens is 2. The molecule has 7 nitrogen and oxygen atoms in total. The third-order valence-corrected chi connectivity index (χ3v) is 4.64. The Morgan fingerprint density at radius 3 is 2.00 bits per heavy atom. The molecule has 0 radical (unpaired) electrons. The Hall–Kier alpha value is -3.38. The van der Waals surface area contributed by atoms with Crippen LogP contribution in [0.5, 0.6) is 0 Å². The second-order valence-corrected chi connectivity index (χ2v) is 6.62. The molecular formula is C18H14F6N4O3. The molecule has 166 valence electrons. The Morgan fingerprint density at radius 2 is 1.52 bits per heavy atom. The molecular weight excluding hydrogens is 434 g/mol. The molecule has 1 aromatic heterocycles. The first kappa shape index (κ1) is 22.3. The lowest BCUT2D eigenvalue weighted by Crippen LogP contribution is -2.49. The number of piperazine rings is 1. The summed E-state index contributed by atoms with van der Waals surface area (Å²) in [5.74, 6) is -1.97. The third kappa shape index (κ3) is 4.86. The van der Waals surface area contributed by atoms with Gasteiger partial charge >= 0.3 is 18.3 Å². The van der Waals surface area contributed by atoms with Gasteiger partial charge in [0.25, 0.3) is 5.91 Å². The first-order valence-electron chi connectivity index (χ1n) is 8.77. The predicted molar refractivity (Wildman–Crippen MR) is 93.6 cm³/mol. The SMILES string of the molecule is O=C(O)c1ccc(N2CCN(C(=O)c3ccc(C(F)(F)F)cc3C(F)(F)F)CC2)nn1. The van der Waals surface area contributed by atoms with Crippen molar-refractivity contribution in [1.29, 1.82) is 0 Å². The number of rotatable bonds is 3. The van der Waals surface area contributed by atoms with Crippen LogP contribution >= 0.6 is 0 Å². The lowest BCUT2D eigenvalue weighted by Gasteiger charge is -2.35. The molecule has 3 rings (SSSR count). The minimum absolute atomic E-state index is 0.0144. The molecule has 1 aromatic carbocycles. The van der Waals surface area contributed by atoms with Gasteiger partial charge in [0.15, 0.2) is 11.5 Å². The van der Waals surface area contributed by atoms with Crippen molar-refractivity contribution in [3.8, 4) is 0 Å². The second kappa shape index (κ2) is 8.04. The summed E-state index contributed by atoms with van der Waals surface area (Å²) in [6.45, 7) is 0.294. The number of benzene rings is 1. The van der Waals surface area contributed by atoms with Crippen molar-refractivity contribution < 1.29 is 41.0 Å². The van der Waals surface area contributed by atoms with Gasteiger partial charge < -0.3 is 14.9 Å². The number of carbonyl (C=O) groups is 2. The molecule has 13 heteroatoms. The Balaban J connectivity index is 1.76. The number of amides is 1. The van der Waals surface area contributed by atoms with Crippen molar-refractivity contribution >= 4 is 17.7 Å². The molecule has 1 fully saturated rings. The van der Waals surface area contributed by atoms with E-state index in [2.05, 4.69) is 10.2 Å². The zero-order valence-corrected chi connectivity index (χ0v) is 15.5. The lowest BCUT2D eigenvalue weighted by atomic mass is 10.0. The van der Waals surface area contributed by atoms with Crippen LogP contribution in [0.2, 0.25) is 0 Å². The van der Waals surface area contributed by atoms with Gasteiger partial charge in [0.1, 0.15) is 0 Å². The van der Waals surface area contributed by atoms with Crippen LogP contribution in [0, 0.1) is 0 Å². The number of carboxylic acids is 1. The van der Waals surface area contributed by atoms with Crippen LogP contribution in [-0.4, -0.2) is 58.3 Å². The third-order valence-electron chi connectivity index (χ3n) is 4.64. The summed E-state index contributed by atoms with van der Waals surface area (Å²) in [5, 5.41) is 16.1. The van der Waals surface area contributed by atoms with E-state index in [1.54, 1.807) is 4.90 Å². The number of carboxylic acid groups (broad SMARTS) is 1. The number of hydrogen-bond acceptors (Lipinski definition) is 5. The van der Waals surface area contributed by atoms with Crippen molar-refractivity contribution in [2.24, 2.45) is 0 Å². The van der Waals surface area contributed by atoms with Crippen LogP contribution in [-0.2, 0) is 12.4 Å². The van der Waals surface area contributed by atoms with Crippen LogP contribution < -0.4 is 4.90 Å². The predicted octanol–water partition coefficient (Wildman–Crippen LogP) is 3.17. The van der Waals surface area contributed by atoms with Gasteiger partial charge in [0.05, 0.1) is 16.7 Å². The molecule has 0 bridgehead atoms. The van der Waals surface area contributed by atoms with E-state index >= 15 is 0 Å². The van der Waals surface area contributed by atoms with Crippen molar-refractivity contribution in [2.45, 2.75) is 12.4 Å². The second-order valence-electron chi connectivity index (χ2n) is 6.62.